The van der Waals surface area contributed by atoms with Crippen LogP contribution in [0.25, 0.3) is 0 Å². The predicted molar refractivity (Wildman–Crippen MR) is 215 cm³/mol. The third-order valence-electron chi connectivity index (χ3n) is 10.7. The molecule has 3 atom stereocenters. The van der Waals surface area contributed by atoms with Gasteiger partial charge in [0.25, 0.3) is 0 Å². The Balaban J connectivity index is 1.05. The summed E-state index contributed by atoms with van der Waals surface area (Å²) in [6.45, 7) is 3.20. The number of fused-ring (bicyclic) bond motifs is 3. The molecular weight excluding hydrogens is 751 g/mol. The lowest BCUT2D eigenvalue weighted by atomic mass is 9.85. The number of hydrogen-bond donors (Lipinski definition) is 0. The van der Waals surface area contributed by atoms with Crippen molar-refractivity contribution in [3.8, 4) is 17.2 Å². The number of rotatable bonds is 15. The topological polar surface area (TPSA) is 96.4 Å². The lowest BCUT2D eigenvalue weighted by Crippen LogP contribution is -2.52. The highest BCUT2D eigenvalue weighted by atomic mass is 35.5. The van der Waals surface area contributed by atoms with E-state index in [1.165, 1.54) is 12.4 Å². The molecule has 4 aromatic carbocycles. The van der Waals surface area contributed by atoms with Crippen LogP contribution in [0.2, 0.25) is 10.0 Å². The number of carbonyl (C=O) groups excluding carboxylic acids is 2. The zero-order chi connectivity index (χ0) is 39.0. The zero-order valence-corrected chi connectivity index (χ0v) is 32.9. The first-order chi connectivity index (χ1) is 27.3. The fourth-order valence-corrected chi connectivity index (χ4v) is 8.13. The Morgan fingerprint density at radius 3 is 2.25 bits per heavy atom. The van der Waals surface area contributed by atoms with Crippen LogP contribution in [-0.4, -0.2) is 61.8 Å². The van der Waals surface area contributed by atoms with Gasteiger partial charge in [-0.05, 0) is 96.1 Å². The van der Waals surface area contributed by atoms with Crippen LogP contribution in [0.4, 0.5) is 0 Å². The summed E-state index contributed by atoms with van der Waals surface area (Å²) in [4.78, 5) is 33.6. The minimum Gasteiger partial charge on any atom is -0.493 e. The van der Waals surface area contributed by atoms with Crippen molar-refractivity contribution < 1.29 is 33.3 Å². The molecule has 56 heavy (non-hydrogen) atoms. The van der Waals surface area contributed by atoms with E-state index < -0.39 is 12.1 Å². The number of esters is 2. The smallest absolute Gasteiger partial charge is 0.338 e. The number of methoxy groups -OCH3 is 2. The molecule has 0 spiro atoms. The van der Waals surface area contributed by atoms with Crippen molar-refractivity contribution in [3.63, 3.8) is 0 Å². The van der Waals surface area contributed by atoms with E-state index >= 15 is 0 Å². The molecule has 9 nitrogen and oxygen atoms in total. The number of aromatic nitrogens is 1. The molecular formula is C45H44Cl2N2O7. The van der Waals surface area contributed by atoms with Crippen LogP contribution in [-0.2, 0) is 27.3 Å². The second kappa shape index (κ2) is 18.2. The van der Waals surface area contributed by atoms with Gasteiger partial charge in [-0.25, -0.2) is 4.79 Å². The lowest BCUT2D eigenvalue weighted by Gasteiger charge is -2.44. The molecule has 0 saturated carbocycles. The van der Waals surface area contributed by atoms with Crippen LogP contribution in [0, 0.1) is 5.92 Å². The first-order valence-electron chi connectivity index (χ1n) is 18.8. The normalized spacial score (nSPS) is 18.4. The van der Waals surface area contributed by atoms with Crippen LogP contribution in [0.3, 0.4) is 0 Å². The molecule has 3 aliphatic heterocycles. The summed E-state index contributed by atoms with van der Waals surface area (Å²) in [5.74, 6) is 1.18. The highest BCUT2D eigenvalue weighted by Crippen LogP contribution is 2.37. The maximum atomic E-state index is 13.8. The minimum absolute atomic E-state index is 0.0422. The molecule has 0 amide bonds. The van der Waals surface area contributed by atoms with E-state index in [0.717, 1.165) is 49.2 Å². The van der Waals surface area contributed by atoms with Crippen LogP contribution in [0.1, 0.15) is 69.5 Å². The van der Waals surface area contributed by atoms with Crippen molar-refractivity contribution in [1.29, 1.82) is 0 Å². The number of benzene rings is 4. The number of nitrogens with zero attached hydrogens (tertiary/aromatic N) is 2. The number of hydrogen-bond acceptors (Lipinski definition) is 9. The zero-order valence-electron chi connectivity index (χ0n) is 31.4. The molecule has 0 radical (unpaired) electrons. The molecule has 3 fully saturated rings. The van der Waals surface area contributed by atoms with Crippen LogP contribution in [0.5, 0.6) is 17.2 Å². The maximum absolute atomic E-state index is 13.8. The molecule has 2 bridgehead atoms. The largest absolute Gasteiger partial charge is 0.493 e. The highest BCUT2D eigenvalue weighted by Gasteiger charge is 2.37. The molecule has 4 heterocycles. The van der Waals surface area contributed by atoms with Gasteiger partial charge < -0.3 is 23.7 Å². The van der Waals surface area contributed by atoms with Crippen molar-refractivity contribution in [2.45, 2.75) is 50.4 Å². The average molecular weight is 796 g/mol. The van der Waals surface area contributed by atoms with Crippen molar-refractivity contribution in [2.24, 2.45) is 5.92 Å². The molecule has 3 saturated heterocycles. The van der Waals surface area contributed by atoms with E-state index in [4.69, 9.17) is 46.9 Å². The van der Waals surface area contributed by atoms with Gasteiger partial charge in [0.2, 0.25) is 0 Å². The fraction of sp³-hybridized carbons (Fsp3) is 0.311. The number of carbonyl (C=O) groups is 2. The fourth-order valence-electron chi connectivity index (χ4n) is 7.61. The summed E-state index contributed by atoms with van der Waals surface area (Å²) in [7, 11) is 3.10. The molecule has 5 aromatic rings. The van der Waals surface area contributed by atoms with Gasteiger partial charge in [-0.3, -0.25) is 14.7 Å². The van der Waals surface area contributed by atoms with Crippen molar-refractivity contribution in [1.82, 2.24) is 9.88 Å². The Bertz CT molecular complexity index is 2120. The SMILES string of the molecule is COc1ccc([C@H](Cc2c(Cl)cncc2Cl)OC(=O)c2cccc(COc3cccc([C@@H](CC(=O)O[C@H]4CN5CCC4CC5)c4ccccc4)c3)c2)cc1OC. The molecule has 0 aliphatic carbocycles. The van der Waals surface area contributed by atoms with E-state index in [2.05, 4.69) is 9.88 Å². The maximum Gasteiger partial charge on any atom is 0.338 e. The monoisotopic (exact) mass is 794 g/mol. The summed E-state index contributed by atoms with van der Waals surface area (Å²) in [5, 5.41) is 0.725. The Kier molecular flexibility index (Phi) is 12.8. The summed E-state index contributed by atoms with van der Waals surface area (Å²) < 4.78 is 29.5. The summed E-state index contributed by atoms with van der Waals surface area (Å²) >= 11 is 13.0. The van der Waals surface area contributed by atoms with Gasteiger partial charge in [0.05, 0.1) is 36.2 Å². The van der Waals surface area contributed by atoms with Gasteiger partial charge in [-0.2, -0.15) is 0 Å². The third kappa shape index (κ3) is 9.46. The van der Waals surface area contributed by atoms with Gasteiger partial charge in [-0.1, -0.05) is 83.9 Å². The van der Waals surface area contributed by atoms with E-state index in [1.807, 2.05) is 66.7 Å². The molecule has 0 N–H and O–H groups in total. The third-order valence-corrected chi connectivity index (χ3v) is 11.3. The van der Waals surface area contributed by atoms with Gasteiger partial charge in [-0.15, -0.1) is 0 Å². The molecule has 1 aromatic heterocycles. The number of pyridine rings is 1. The summed E-state index contributed by atoms with van der Waals surface area (Å²) in [5.41, 5.74) is 4.37. The molecule has 0 unspecified atom stereocenters. The van der Waals surface area contributed by atoms with Crippen molar-refractivity contribution >= 4 is 35.1 Å². The molecule has 290 valence electrons. The average Bonchev–Trinajstić information content (AvgIpc) is 3.23. The second-order valence-electron chi connectivity index (χ2n) is 14.2. The lowest BCUT2D eigenvalue weighted by molar-refractivity contribution is -0.159. The Labute approximate surface area is 337 Å². The summed E-state index contributed by atoms with van der Waals surface area (Å²) in [6.07, 6.45) is 4.79. The first kappa shape index (κ1) is 39.2. The van der Waals surface area contributed by atoms with E-state index in [0.29, 0.717) is 49.9 Å². The van der Waals surface area contributed by atoms with Crippen LogP contribution < -0.4 is 14.2 Å². The van der Waals surface area contributed by atoms with Gasteiger partial charge in [0.15, 0.2) is 11.5 Å². The van der Waals surface area contributed by atoms with Gasteiger partial charge in [0, 0.05) is 31.3 Å². The molecule has 8 rings (SSSR count). The van der Waals surface area contributed by atoms with Crippen molar-refractivity contribution in [3.05, 3.63) is 153 Å². The molecule has 3 aliphatic rings. The van der Waals surface area contributed by atoms with Gasteiger partial charge in [0.1, 0.15) is 24.6 Å². The van der Waals surface area contributed by atoms with Gasteiger partial charge >= 0.3 is 11.9 Å². The van der Waals surface area contributed by atoms with E-state index in [1.54, 1.807) is 44.6 Å². The number of piperidine rings is 3. The van der Waals surface area contributed by atoms with Crippen molar-refractivity contribution in [2.75, 3.05) is 33.9 Å². The Hall–Kier alpha value is -5.09. The van der Waals surface area contributed by atoms with Crippen LogP contribution >= 0.6 is 23.2 Å². The Morgan fingerprint density at radius 2 is 1.54 bits per heavy atom. The van der Waals surface area contributed by atoms with E-state index in [9.17, 15) is 9.59 Å². The number of ether oxygens (including phenoxy) is 5. The molecule has 11 heteroatoms. The second-order valence-corrected chi connectivity index (χ2v) is 15.0. The predicted octanol–water partition coefficient (Wildman–Crippen LogP) is 9.28. The highest BCUT2D eigenvalue weighted by molar-refractivity contribution is 6.35. The quantitative estimate of drug-likeness (QED) is 0.0962. The van der Waals surface area contributed by atoms with E-state index in [-0.39, 0.29) is 37.4 Å². The summed E-state index contributed by atoms with van der Waals surface area (Å²) in [6, 6.07) is 30.3. The van der Waals surface area contributed by atoms with Crippen LogP contribution in [0.15, 0.2) is 109 Å². The number of halogens is 2. The Morgan fingerprint density at radius 1 is 0.804 bits per heavy atom. The standard InChI is InChI=1S/C45H44Cl2N2O7/c1-52-40-15-14-33(22-42(40)53-2)41(23-37-38(46)25-48-26-39(37)47)56-45(51)34-12-6-8-29(20-34)28-54-35-13-7-11-32(21-35)36(30-9-4-3-5-10-30)24-44(50)55-43-27-49-18-16-31(43)17-19-49/h3-15,20-22,25-26,31,36,41,43H,16-19,23-24,27-28H2,1-2H3/t36-,41-,43-/m0/s1. The minimum atomic E-state index is -0.771. The first-order valence-corrected chi connectivity index (χ1v) is 19.5.